The number of non-ortho nitro benzene ring substituents is 1. The van der Waals surface area contributed by atoms with E-state index in [2.05, 4.69) is 10.6 Å². The van der Waals surface area contributed by atoms with Crippen molar-refractivity contribution in [1.29, 1.82) is 0 Å². The molecule has 0 fully saturated rings. The molecular formula is C19H17ClN4O5. The van der Waals surface area contributed by atoms with E-state index in [4.69, 9.17) is 16.4 Å². The molecule has 2 aromatic carbocycles. The molecule has 1 atom stereocenters. The van der Waals surface area contributed by atoms with E-state index < -0.39 is 22.9 Å². The standard InChI is InChI=1S/C19H17ClN4O5/c1-11-16(18(25)21-14-7-5-13(20)6-8-14)17(22-19(26)23(11)29-2)12-3-9-15(10-4-12)24(27)28/h3-10,17H,1-2H3,(H,21,25)(H,22,26). The van der Waals surface area contributed by atoms with Crippen LogP contribution in [0.25, 0.3) is 0 Å². The molecule has 2 aromatic rings. The molecule has 1 heterocycles. The molecule has 3 amide bonds. The van der Waals surface area contributed by atoms with Crippen molar-refractivity contribution < 1.29 is 19.3 Å². The molecule has 0 spiro atoms. The molecule has 0 aliphatic carbocycles. The number of carbonyl (C=O) groups excluding carboxylic acids is 2. The van der Waals surface area contributed by atoms with Gasteiger partial charge in [-0.05, 0) is 48.9 Å². The van der Waals surface area contributed by atoms with Crippen LogP contribution < -0.4 is 10.6 Å². The van der Waals surface area contributed by atoms with E-state index in [1.54, 1.807) is 31.2 Å². The predicted octanol–water partition coefficient (Wildman–Crippen LogP) is 3.79. The Bertz CT molecular complexity index is 989. The highest BCUT2D eigenvalue weighted by Crippen LogP contribution is 2.32. The van der Waals surface area contributed by atoms with Crippen LogP contribution in [0.4, 0.5) is 16.2 Å². The second kappa shape index (κ2) is 8.29. The fraction of sp³-hybridized carbons (Fsp3) is 0.158. The number of rotatable bonds is 5. The van der Waals surface area contributed by atoms with Crippen LogP contribution in [0.1, 0.15) is 18.5 Å². The quantitative estimate of drug-likeness (QED) is 0.568. The number of halogens is 1. The minimum Gasteiger partial charge on any atom is -0.325 e. The first-order valence-electron chi connectivity index (χ1n) is 8.48. The van der Waals surface area contributed by atoms with Crippen molar-refractivity contribution in [3.8, 4) is 0 Å². The van der Waals surface area contributed by atoms with Crippen molar-refractivity contribution in [1.82, 2.24) is 10.4 Å². The lowest BCUT2D eigenvalue weighted by atomic mass is 9.94. The van der Waals surface area contributed by atoms with Gasteiger partial charge in [0.05, 0.1) is 29.3 Å². The molecule has 10 heteroatoms. The Labute approximate surface area is 171 Å². The number of hydroxylamine groups is 2. The minimum atomic E-state index is -0.818. The molecule has 0 saturated heterocycles. The Kier molecular flexibility index (Phi) is 5.81. The summed E-state index contributed by atoms with van der Waals surface area (Å²) >= 11 is 5.87. The molecule has 9 nitrogen and oxygen atoms in total. The maximum absolute atomic E-state index is 13.0. The third-order valence-corrected chi connectivity index (χ3v) is 4.65. The summed E-state index contributed by atoms with van der Waals surface area (Å²) in [5.41, 5.74) is 1.46. The summed E-state index contributed by atoms with van der Waals surface area (Å²) in [5, 5.41) is 17.9. The maximum Gasteiger partial charge on any atom is 0.346 e. The van der Waals surface area contributed by atoms with Crippen molar-refractivity contribution in [2.24, 2.45) is 0 Å². The van der Waals surface area contributed by atoms with Gasteiger partial charge in [-0.3, -0.25) is 19.7 Å². The zero-order valence-corrected chi connectivity index (χ0v) is 16.3. The maximum atomic E-state index is 13.0. The fourth-order valence-electron chi connectivity index (χ4n) is 3.01. The second-order valence-electron chi connectivity index (χ2n) is 6.17. The molecule has 0 aromatic heterocycles. The molecule has 1 aliphatic heterocycles. The Morgan fingerprint density at radius 3 is 2.38 bits per heavy atom. The smallest absolute Gasteiger partial charge is 0.325 e. The predicted molar refractivity (Wildman–Crippen MR) is 106 cm³/mol. The van der Waals surface area contributed by atoms with Gasteiger partial charge < -0.3 is 10.6 Å². The summed E-state index contributed by atoms with van der Waals surface area (Å²) in [6, 6.07) is 10.8. The lowest BCUT2D eigenvalue weighted by Gasteiger charge is -2.34. The Morgan fingerprint density at radius 1 is 1.21 bits per heavy atom. The summed E-state index contributed by atoms with van der Waals surface area (Å²) < 4.78 is 0. The number of nitro benzene ring substituents is 1. The van der Waals surface area contributed by atoms with Crippen molar-refractivity contribution >= 4 is 34.9 Å². The highest BCUT2D eigenvalue weighted by atomic mass is 35.5. The van der Waals surface area contributed by atoms with Crippen LogP contribution in [0, 0.1) is 10.1 Å². The largest absolute Gasteiger partial charge is 0.346 e. The highest BCUT2D eigenvalue weighted by Gasteiger charge is 2.36. The SMILES string of the molecule is CON1C(=O)NC(c2ccc([N+](=O)[O-])cc2)C(C(=O)Nc2ccc(Cl)cc2)=C1C. The van der Waals surface area contributed by atoms with Gasteiger partial charge in [-0.25, -0.2) is 4.79 Å². The van der Waals surface area contributed by atoms with E-state index in [0.29, 0.717) is 22.0 Å². The minimum absolute atomic E-state index is 0.0951. The average molecular weight is 417 g/mol. The van der Waals surface area contributed by atoms with Gasteiger partial charge >= 0.3 is 6.03 Å². The van der Waals surface area contributed by atoms with Crippen molar-refractivity contribution in [2.45, 2.75) is 13.0 Å². The van der Waals surface area contributed by atoms with Crippen LogP contribution in [0.15, 0.2) is 59.8 Å². The first-order valence-corrected chi connectivity index (χ1v) is 8.86. The normalized spacial score (nSPS) is 16.4. The number of hydrogen-bond donors (Lipinski definition) is 2. The summed E-state index contributed by atoms with van der Waals surface area (Å²) in [7, 11) is 1.31. The Morgan fingerprint density at radius 2 is 1.83 bits per heavy atom. The summed E-state index contributed by atoms with van der Waals surface area (Å²) in [4.78, 5) is 40.9. The van der Waals surface area contributed by atoms with E-state index in [9.17, 15) is 19.7 Å². The summed E-state index contributed by atoms with van der Waals surface area (Å²) in [6.45, 7) is 1.58. The lowest BCUT2D eigenvalue weighted by molar-refractivity contribution is -0.384. The van der Waals surface area contributed by atoms with Crippen LogP contribution in [0.3, 0.4) is 0 Å². The van der Waals surface area contributed by atoms with Crippen molar-refractivity contribution in [3.63, 3.8) is 0 Å². The van der Waals surface area contributed by atoms with Gasteiger partial charge in [-0.2, -0.15) is 5.06 Å². The number of nitrogens with zero attached hydrogens (tertiary/aromatic N) is 2. The molecule has 2 N–H and O–H groups in total. The number of amides is 3. The molecule has 3 rings (SSSR count). The number of nitro groups is 1. The van der Waals surface area contributed by atoms with E-state index in [1.807, 2.05) is 0 Å². The Hall–Kier alpha value is -3.43. The summed E-state index contributed by atoms with van der Waals surface area (Å²) in [6.07, 6.45) is 0. The third-order valence-electron chi connectivity index (χ3n) is 4.40. The van der Waals surface area contributed by atoms with Gasteiger partial charge in [0.2, 0.25) is 0 Å². The highest BCUT2D eigenvalue weighted by molar-refractivity contribution is 6.30. The summed E-state index contributed by atoms with van der Waals surface area (Å²) in [5.74, 6) is -0.463. The van der Waals surface area contributed by atoms with Crippen LogP contribution in [-0.4, -0.2) is 29.0 Å². The van der Waals surface area contributed by atoms with Gasteiger partial charge in [-0.15, -0.1) is 0 Å². The van der Waals surface area contributed by atoms with Crippen molar-refractivity contribution in [2.75, 3.05) is 12.4 Å². The molecule has 0 saturated carbocycles. The zero-order valence-electron chi connectivity index (χ0n) is 15.5. The number of nitrogens with one attached hydrogen (secondary N) is 2. The molecule has 0 radical (unpaired) electrons. The Balaban J connectivity index is 2.00. The fourth-order valence-corrected chi connectivity index (χ4v) is 3.14. The molecule has 1 unspecified atom stereocenters. The third kappa shape index (κ3) is 4.20. The average Bonchev–Trinajstić information content (AvgIpc) is 2.69. The number of allylic oxidation sites excluding steroid dienone is 1. The number of carbonyl (C=O) groups is 2. The van der Waals surface area contributed by atoms with Crippen LogP contribution >= 0.6 is 11.6 Å². The van der Waals surface area contributed by atoms with Gasteiger partial charge in [0.25, 0.3) is 11.6 Å². The van der Waals surface area contributed by atoms with E-state index in [0.717, 1.165) is 5.06 Å². The first kappa shape index (κ1) is 20.3. The molecule has 0 bridgehead atoms. The monoisotopic (exact) mass is 416 g/mol. The van der Waals surface area contributed by atoms with Gasteiger partial charge in [0, 0.05) is 22.8 Å². The number of benzene rings is 2. The molecular weight excluding hydrogens is 400 g/mol. The molecule has 1 aliphatic rings. The van der Waals surface area contributed by atoms with Crippen LogP contribution in [-0.2, 0) is 9.63 Å². The number of hydrogen-bond acceptors (Lipinski definition) is 5. The zero-order chi connectivity index (χ0) is 21.1. The van der Waals surface area contributed by atoms with Gasteiger partial charge in [-0.1, -0.05) is 11.6 Å². The van der Waals surface area contributed by atoms with Crippen LogP contribution in [0.2, 0.25) is 5.02 Å². The van der Waals surface area contributed by atoms with Gasteiger partial charge in [0.15, 0.2) is 0 Å². The first-order chi connectivity index (χ1) is 13.8. The number of urea groups is 1. The lowest BCUT2D eigenvalue weighted by Crippen LogP contribution is -2.48. The molecule has 29 heavy (non-hydrogen) atoms. The molecule has 150 valence electrons. The van der Waals surface area contributed by atoms with Gasteiger partial charge in [0.1, 0.15) is 0 Å². The van der Waals surface area contributed by atoms with E-state index in [-0.39, 0.29) is 11.3 Å². The van der Waals surface area contributed by atoms with E-state index in [1.165, 1.54) is 31.4 Å². The second-order valence-corrected chi connectivity index (χ2v) is 6.60. The van der Waals surface area contributed by atoms with E-state index >= 15 is 0 Å². The van der Waals surface area contributed by atoms with Crippen molar-refractivity contribution in [3.05, 3.63) is 80.5 Å². The number of anilines is 1. The topological polar surface area (TPSA) is 114 Å². The van der Waals surface area contributed by atoms with Crippen LogP contribution in [0.5, 0.6) is 0 Å².